The molecule has 4 heteroatoms. The van der Waals surface area contributed by atoms with Gasteiger partial charge < -0.3 is 10.6 Å². The molecular weight excluding hydrogens is 184 g/mol. The van der Waals surface area contributed by atoms with Gasteiger partial charge in [-0.3, -0.25) is 4.79 Å². The molecule has 72 valence electrons. The van der Waals surface area contributed by atoms with Crippen LogP contribution in [-0.4, -0.2) is 31.3 Å². The number of hydrogen-bond donors (Lipinski definition) is 2. The second kappa shape index (κ2) is 3.72. The van der Waals surface area contributed by atoms with Crippen LogP contribution in [0.2, 0.25) is 0 Å². The average Bonchev–Trinajstić information content (AvgIpc) is 2.63. The lowest BCUT2D eigenvalue weighted by molar-refractivity contribution is -0.116. The number of piperidine rings is 1. The van der Waals surface area contributed by atoms with Gasteiger partial charge in [0.2, 0.25) is 5.91 Å². The zero-order valence-corrected chi connectivity index (χ0v) is 8.43. The maximum Gasteiger partial charge on any atom is 0.244 e. The predicted octanol–water partition coefficient (Wildman–Crippen LogP) is 0.197. The lowest BCUT2D eigenvalue weighted by Gasteiger charge is -2.04. The topological polar surface area (TPSA) is 41.1 Å². The molecule has 1 saturated heterocycles. The molecule has 0 aromatic heterocycles. The van der Waals surface area contributed by atoms with E-state index in [-0.39, 0.29) is 5.91 Å². The number of carbonyl (C=O) groups excluding carboxylic acids is 1. The van der Waals surface area contributed by atoms with Gasteiger partial charge in [0.05, 0.1) is 0 Å². The van der Waals surface area contributed by atoms with Crippen molar-refractivity contribution < 1.29 is 4.79 Å². The maximum absolute atomic E-state index is 11.3. The standard InChI is InChI=1S/C9H14N2OS/c1-13-3-2-8(12)11-9-6-4-10-5-7(6)9/h2-3,6-7,9-10H,4-5H2,1H3,(H,11,12)/b3-2+/t6-,7+,9?. The molecule has 1 aliphatic carbocycles. The molecular formula is C9H14N2OS. The number of fused-ring (bicyclic) bond motifs is 1. The largest absolute Gasteiger partial charge is 0.349 e. The summed E-state index contributed by atoms with van der Waals surface area (Å²) in [7, 11) is 0. The number of amides is 1. The van der Waals surface area contributed by atoms with Crippen molar-refractivity contribution in [2.24, 2.45) is 11.8 Å². The molecule has 0 aromatic rings. The summed E-state index contributed by atoms with van der Waals surface area (Å²) in [5.74, 6) is 1.45. The first-order valence-corrected chi connectivity index (χ1v) is 5.82. The molecule has 13 heavy (non-hydrogen) atoms. The first-order chi connectivity index (χ1) is 6.33. The van der Waals surface area contributed by atoms with Gasteiger partial charge in [0.25, 0.3) is 0 Å². The van der Waals surface area contributed by atoms with Crippen LogP contribution >= 0.6 is 11.8 Å². The van der Waals surface area contributed by atoms with Gasteiger partial charge in [-0.05, 0) is 23.5 Å². The number of thioether (sulfide) groups is 1. The molecule has 1 unspecified atom stereocenters. The third kappa shape index (κ3) is 1.89. The molecule has 0 bridgehead atoms. The van der Waals surface area contributed by atoms with Crippen LogP contribution in [0, 0.1) is 11.8 Å². The van der Waals surface area contributed by atoms with E-state index in [1.54, 1.807) is 17.8 Å². The molecule has 1 aliphatic heterocycles. The fourth-order valence-electron chi connectivity index (χ4n) is 1.97. The number of carbonyl (C=O) groups is 1. The Labute approximate surface area is 82.3 Å². The van der Waals surface area contributed by atoms with E-state index in [2.05, 4.69) is 10.6 Å². The van der Waals surface area contributed by atoms with E-state index in [1.807, 2.05) is 11.7 Å². The van der Waals surface area contributed by atoms with Crippen molar-refractivity contribution in [2.45, 2.75) is 6.04 Å². The van der Waals surface area contributed by atoms with E-state index in [1.165, 1.54) is 0 Å². The minimum absolute atomic E-state index is 0.0498. The summed E-state index contributed by atoms with van der Waals surface area (Å²) in [6.45, 7) is 2.14. The summed E-state index contributed by atoms with van der Waals surface area (Å²) < 4.78 is 0. The quantitative estimate of drug-likeness (QED) is 0.636. The zero-order valence-electron chi connectivity index (χ0n) is 7.62. The second-order valence-corrected chi connectivity index (χ2v) is 4.30. The highest BCUT2D eigenvalue weighted by Gasteiger charge is 2.53. The first-order valence-electron chi connectivity index (χ1n) is 4.53. The lowest BCUT2D eigenvalue weighted by Crippen LogP contribution is -2.31. The zero-order chi connectivity index (χ0) is 9.26. The van der Waals surface area contributed by atoms with E-state index < -0.39 is 0 Å². The third-order valence-corrected chi connectivity index (χ3v) is 3.16. The molecule has 1 saturated carbocycles. The monoisotopic (exact) mass is 198 g/mol. The highest BCUT2D eigenvalue weighted by Crippen LogP contribution is 2.41. The van der Waals surface area contributed by atoms with Crippen LogP contribution in [-0.2, 0) is 4.79 Å². The van der Waals surface area contributed by atoms with Gasteiger partial charge in [-0.15, -0.1) is 11.8 Å². The van der Waals surface area contributed by atoms with Crippen molar-refractivity contribution in [3.8, 4) is 0 Å². The predicted molar refractivity (Wildman–Crippen MR) is 54.4 cm³/mol. The molecule has 2 aliphatic rings. The molecule has 0 spiro atoms. The first kappa shape index (κ1) is 9.09. The van der Waals surface area contributed by atoms with Crippen molar-refractivity contribution in [3.05, 3.63) is 11.5 Å². The van der Waals surface area contributed by atoms with Gasteiger partial charge in [-0.25, -0.2) is 0 Å². The molecule has 1 heterocycles. The fraction of sp³-hybridized carbons (Fsp3) is 0.667. The summed E-state index contributed by atoms with van der Waals surface area (Å²) in [6, 6.07) is 0.445. The smallest absolute Gasteiger partial charge is 0.244 e. The third-order valence-electron chi connectivity index (χ3n) is 2.76. The van der Waals surface area contributed by atoms with E-state index >= 15 is 0 Å². The van der Waals surface area contributed by atoms with Crippen molar-refractivity contribution in [2.75, 3.05) is 19.3 Å². The van der Waals surface area contributed by atoms with Crippen LogP contribution < -0.4 is 10.6 Å². The van der Waals surface area contributed by atoms with E-state index in [0.717, 1.165) is 13.1 Å². The van der Waals surface area contributed by atoms with Crippen LogP contribution in [0.5, 0.6) is 0 Å². The van der Waals surface area contributed by atoms with Crippen molar-refractivity contribution >= 4 is 17.7 Å². The number of nitrogens with one attached hydrogen (secondary N) is 2. The Balaban J connectivity index is 1.74. The van der Waals surface area contributed by atoms with Crippen LogP contribution in [0.15, 0.2) is 11.5 Å². The Bertz CT molecular complexity index is 232. The van der Waals surface area contributed by atoms with E-state index in [9.17, 15) is 4.79 Å². The summed E-state index contributed by atoms with van der Waals surface area (Å²) in [6.07, 6.45) is 3.55. The Morgan fingerprint density at radius 2 is 2.23 bits per heavy atom. The average molecular weight is 198 g/mol. The molecule has 0 radical (unpaired) electrons. The highest BCUT2D eigenvalue weighted by atomic mass is 32.2. The molecule has 2 rings (SSSR count). The number of hydrogen-bond acceptors (Lipinski definition) is 3. The normalized spacial score (nSPS) is 36.2. The Morgan fingerprint density at radius 1 is 1.54 bits per heavy atom. The highest BCUT2D eigenvalue weighted by molar-refractivity contribution is 8.01. The lowest BCUT2D eigenvalue weighted by atomic mass is 10.4. The summed E-state index contributed by atoms with van der Waals surface area (Å²) in [4.78, 5) is 11.3. The Hall–Kier alpha value is -0.480. The van der Waals surface area contributed by atoms with Gasteiger partial charge >= 0.3 is 0 Å². The van der Waals surface area contributed by atoms with Crippen molar-refractivity contribution in [1.82, 2.24) is 10.6 Å². The van der Waals surface area contributed by atoms with Crippen molar-refractivity contribution in [1.29, 1.82) is 0 Å². The van der Waals surface area contributed by atoms with Gasteiger partial charge in [0.1, 0.15) is 0 Å². The molecule has 2 N–H and O–H groups in total. The molecule has 3 atom stereocenters. The van der Waals surface area contributed by atoms with Crippen LogP contribution in [0.3, 0.4) is 0 Å². The summed E-state index contributed by atoms with van der Waals surface area (Å²) in [5.41, 5.74) is 0. The SMILES string of the molecule is CS/C=C/C(=O)NC1[C@H]2CNC[C@@H]12. The van der Waals surface area contributed by atoms with Crippen LogP contribution in [0.1, 0.15) is 0 Å². The van der Waals surface area contributed by atoms with Crippen molar-refractivity contribution in [3.63, 3.8) is 0 Å². The fourth-order valence-corrected chi connectivity index (χ4v) is 2.23. The van der Waals surface area contributed by atoms with Crippen LogP contribution in [0.25, 0.3) is 0 Å². The molecule has 1 amide bonds. The molecule has 0 aromatic carbocycles. The van der Waals surface area contributed by atoms with Gasteiger partial charge in [-0.1, -0.05) is 0 Å². The summed E-state index contributed by atoms with van der Waals surface area (Å²) >= 11 is 1.55. The Kier molecular flexibility index (Phi) is 2.60. The van der Waals surface area contributed by atoms with Gasteiger partial charge in [0, 0.05) is 25.2 Å². The van der Waals surface area contributed by atoms with E-state index in [0.29, 0.717) is 17.9 Å². The van der Waals surface area contributed by atoms with Gasteiger partial charge in [0.15, 0.2) is 0 Å². The minimum atomic E-state index is 0.0498. The molecule has 3 nitrogen and oxygen atoms in total. The molecule has 2 fully saturated rings. The second-order valence-electron chi connectivity index (χ2n) is 3.56. The minimum Gasteiger partial charge on any atom is -0.349 e. The van der Waals surface area contributed by atoms with Gasteiger partial charge in [-0.2, -0.15) is 0 Å². The number of rotatable bonds is 3. The maximum atomic E-state index is 11.3. The van der Waals surface area contributed by atoms with Crippen LogP contribution in [0.4, 0.5) is 0 Å². The van der Waals surface area contributed by atoms with E-state index in [4.69, 9.17) is 0 Å². The summed E-state index contributed by atoms with van der Waals surface area (Å²) in [5, 5.41) is 8.12. The Morgan fingerprint density at radius 3 is 2.85 bits per heavy atom.